The molecule has 1 aliphatic rings. The van der Waals surface area contributed by atoms with Crippen molar-refractivity contribution in [3.63, 3.8) is 0 Å². The van der Waals surface area contributed by atoms with Crippen LogP contribution in [0.2, 0.25) is 0 Å². The molecule has 0 amide bonds. The summed E-state index contributed by atoms with van der Waals surface area (Å²) in [6, 6.07) is 6.13. The zero-order valence-corrected chi connectivity index (χ0v) is 12.4. The Kier molecular flexibility index (Phi) is 3.31. The maximum Gasteiger partial charge on any atom is 0.307 e. The molecule has 3 rings (SSSR count). The summed E-state index contributed by atoms with van der Waals surface area (Å²) in [5.41, 5.74) is 4.76. The van der Waals surface area contributed by atoms with Crippen LogP contribution >= 0.6 is 11.3 Å². The summed E-state index contributed by atoms with van der Waals surface area (Å²) in [5, 5.41) is 17.8. The van der Waals surface area contributed by atoms with Crippen molar-refractivity contribution in [2.75, 3.05) is 0 Å². The molecule has 5 nitrogen and oxygen atoms in total. The second kappa shape index (κ2) is 5.14. The molecule has 1 aromatic carbocycles. The van der Waals surface area contributed by atoms with Gasteiger partial charge >= 0.3 is 4.87 Å². The van der Waals surface area contributed by atoms with E-state index in [1.165, 1.54) is 0 Å². The highest BCUT2D eigenvalue weighted by molar-refractivity contribution is 7.10. The summed E-state index contributed by atoms with van der Waals surface area (Å²) in [6.07, 6.45) is 3.34. The maximum absolute atomic E-state index is 11.2. The van der Waals surface area contributed by atoms with Gasteiger partial charge in [0.25, 0.3) is 0 Å². The molecular weight excluding hydrogens is 286 g/mol. The minimum absolute atomic E-state index is 0.127. The van der Waals surface area contributed by atoms with Gasteiger partial charge in [0.15, 0.2) is 0 Å². The number of nitrogens with zero attached hydrogens (tertiary/aromatic N) is 2. The molecule has 0 radical (unpaired) electrons. The molecular formula is C15H13N3O2S. The molecule has 21 heavy (non-hydrogen) atoms. The molecule has 0 saturated carbocycles. The van der Waals surface area contributed by atoms with E-state index in [1.54, 1.807) is 12.3 Å². The highest BCUT2D eigenvalue weighted by Gasteiger charge is 2.17. The van der Waals surface area contributed by atoms with E-state index in [4.69, 9.17) is 0 Å². The number of H-pyrrole nitrogens is 1. The molecule has 2 heterocycles. The largest absolute Gasteiger partial charge is 0.493 e. The summed E-state index contributed by atoms with van der Waals surface area (Å²) in [5.74, 6) is -0.127. The third-order valence-corrected chi connectivity index (χ3v) is 4.04. The van der Waals surface area contributed by atoms with Gasteiger partial charge in [-0.1, -0.05) is 29.0 Å². The van der Waals surface area contributed by atoms with Crippen LogP contribution in [0, 0.1) is 13.8 Å². The van der Waals surface area contributed by atoms with Gasteiger partial charge in [-0.15, -0.1) is 5.10 Å². The van der Waals surface area contributed by atoms with E-state index in [0.29, 0.717) is 4.88 Å². The monoisotopic (exact) mass is 299 g/mol. The first-order valence-electron chi connectivity index (χ1n) is 6.37. The highest BCUT2D eigenvalue weighted by atomic mass is 32.1. The van der Waals surface area contributed by atoms with Crippen LogP contribution in [-0.2, 0) is 0 Å². The second-order valence-corrected chi connectivity index (χ2v) is 5.85. The zero-order chi connectivity index (χ0) is 15.0. The van der Waals surface area contributed by atoms with Gasteiger partial charge in [-0.2, -0.15) is 5.10 Å². The molecule has 1 aromatic heterocycles. The van der Waals surface area contributed by atoms with Gasteiger partial charge in [0, 0.05) is 11.1 Å². The number of thiazole rings is 1. The Hall–Kier alpha value is -2.47. The fourth-order valence-electron chi connectivity index (χ4n) is 2.14. The number of aromatic amines is 1. The van der Waals surface area contributed by atoms with Crippen LogP contribution in [-0.4, -0.2) is 22.0 Å². The van der Waals surface area contributed by atoms with Gasteiger partial charge in [0.1, 0.15) is 5.71 Å². The predicted molar refractivity (Wildman–Crippen MR) is 85.5 cm³/mol. The van der Waals surface area contributed by atoms with Crippen molar-refractivity contribution in [2.45, 2.75) is 13.8 Å². The lowest BCUT2D eigenvalue weighted by Crippen LogP contribution is -2.05. The Bertz CT molecular complexity index is 856. The number of nitrogens with one attached hydrogen (secondary N) is 1. The summed E-state index contributed by atoms with van der Waals surface area (Å²) in [6.45, 7) is 4.03. The van der Waals surface area contributed by atoms with Crippen molar-refractivity contribution in [3.8, 4) is 5.88 Å². The van der Waals surface area contributed by atoms with Crippen molar-refractivity contribution in [3.05, 3.63) is 55.0 Å². The quantitative estimate of drug-likeness (QED) is 0.894. The van der Waals surface area contributed by atoms with Crippen LogP contribution in [0.4, 0.5) is 0 Å². The Morgan fingerprint density at radius 2 is 2.14 bits per heavy atom. The zero-order valence-electron chi connectivity index (χ0n) is 11.5. The van der Waals surface area contributed by atoms with E-state index in [-0.39, 0.29) is 10.8 Å². The lowest BCUT2D eigenvalue weighted by molar-refractivity contribution is 0.455. The van der Waals surface area contributed by atoms with Crippen LogP contribution < -0.4 is 4.87 Å². The minimum Gasteiger partial charge on any atom is -0.493 e. The second-order valence-electron chi connectivity index (χ2n) is 4.84. The van der Waals surface area contributed by atoms with E-state index in [1.807, 2.05) is 26.0 Å². The van der Waals surface area contributed by atoms with E-state index >= 15 is 0 Å². The molecule has 2 N–H and O–H groups in total. The van der Waals surface area contributed by atoms with Crippen LogP contribution in [0.3, 0.4) is 0 Å². The Morgan fingerprint density at radius 1 is 1.33 bits per heavy atom. The molecule has 0 fully saturated rings. The lowest BCUT2D eigenvalue weighted by Gasteiger charge is -2.07. The molecule has 1 aliphatic heterocycles. The molecule has 0 saturated heterocycles. The first-order chi connectivity index (χ1) is 10.0. The fraction of sp³-hybridized carbons (Fsp3) is 0.133. The number of hydrogen-bond donors (Lipinski definition) is 2. The Labute approximate surface area is 125 Å². The summed E-state index contributed by atoms with van der Waals surface area (Å²) >= 11 is 0.952. The van der Waals surface area contributed by atoms with Gasteiger partial charge < -0.3 is 5.11 Å². The summed E-state index contributed by atoms with van der Waals surface area (Å²) in [7, 11) is 0. The normalized spacial score (nSPS) is 15.7. The van der Waals surface area contributed by atoms with E-state index in [2.05, 4.69) is 21.3 Å². The van der Waals surface area contributed by atoms with Gasteiger partial charge in [-0.3, -0.25) is 9.78 Å². The van der Waals surface area contributed by atoms with Crippen LogP contribution in [0.1, 0.15) is 21.6 Å². The van der Waals surface area contributed by atoms with Crippen LogP contribution in [0.5, 0.6) is 5.88 Å². The number of rotatable bonds is 2. The van der Waals surface area contributed by atoms with Gasteiger partial charge in [0.05, 0.1) is 11.1 Å². The first-order valence-corrected chi connectivity index (χ1v) is 7.19. The van der Waals surface area contributed by atoms with Crippen molar-refractivity contribution < 1.29 is 5.11 Å². The predicted octanol–water partition coefficient (Wildman–Crippen LogP) is 2.63. The standard InChI is InChI=1S/C15H13N3O2S/c1-8-3-4-9(2)11(5-8)13-10(7-16-18-13)6-12-14(19)17-15(20)21-12/h3-7,19H,1-2H3,(H,17,20). The molecule has 6 heteroatoms. The Morgan fingerprint density at radius 3 is 2.86 bits per heavy atom. The summed E-state index contributed by atoms with van der Waals surface area (Å²) in [4.78, 5) is 13.8. The first kappa shape index (κ1) is 13.5. The highest BCUT2D eigenvalue weighted by Crippen LogP contribution is 2.24. The van der Waals surface area contributed by atoms with Gasteiger partial charge in [-0.05, 0) is 31.6 Å². The van der Waals surface area contributed by atoms with E-state index in [9.17, 15) is 9.90 Å². The number of allylic oxidation sites excluding steroid dienone is 1. The van der Waals surface area contributed by atoms with Crippen LogP contribution in [0.15, 0.2) is 38.8 Å². The molecule has 106 valence electrons. The molecule has 0 spiro atoms. The topological polar surface area (TPSA) is 77.8 Å². The van der Waals surface area contributed by atoms with E-state index in [0.717, 1.165) is 39.3 Å². The van der Waals surface area contributed by atoms with Crippen molar-refractivity contribution in [1.82, 2.24) is 4.98 Å². The number of aromatic hydroxyl groups is 1. The summed E-state index contributed by atoms with van der Waals surface area (Å²) < 4.78 is 0. The average Bonchev–Trinajstić information content (AvgIpc) is 3.00. The molecule has 0 aliphatic carbocycles. The maximum atomic E-state index is 11.2. The molecule has 0 unspecified atom stereocenters. The number of benzene rings is 1. The SMILES string of the molecule is Cc1ccc(C)c(C2=NN=CC2=Cc2sc(=O)[nH]c2O)c1. The third-order valence-electron chi connectivity index (χ3n) is 3.22. The fourth-order valence-corrected chi connectivity index (χ4v) is 2.83. The number of aryl methyl sites for hydroxylation is 2. The number of aromatic nitrogens is 1. The van der Waals surface area contributed by atoms with Crippen LogP contribution in [0.25, 0.3) is 6.08 Å². The minimum atomic E-state index is -0.292. The lowest BCUT2D eigenvalue weighted by atomic mass is 9.97. The van der Waals surface area contributed by atoms with Gasteiger partial charge in [-0.25, -0.2) is 0 Å². The van der Waals surface area contributed by atoms with Crippen molar-refractivity contribution >= 4 is 29.3 Å². The average molecular weight is 299 g/mol. The molecule has 2 aromatic rings. The van der Waals surface area contributed by atoms with Crippen molar-refractivity contribution in [1.29, 1.82) is 0 Å². The van der Waals surface area contributed by atoms with Crippen molar-refractivity contribution in [2.24, 2.45) is 10.2 Å². The Balaban J connectivity index is 2.07. The van der Waals surface area contributed by atoms with Gasteiger partial charge in [0.2, 0.25) is 5.88 Å². The molecule has 0 atom stereocenters. The molecule has 0 bridgehead atoms. The van der Waals surface area contributed by atoms with E-state index < -0.39 is 0 Å². The third kappa shape index (κ3) is 2.57. The smallest absolute Gasteiger partial charge is 0.307 e. The number of hydrogen-bond acceptors (Lipinski definition) is 5.